The second-order valence-corrected chi connectivity index (χ2v) is 5.58. The lowest BCUT2D eigenvalue weighted by Crippen LogP contribution is -2.14. The molecule has 0 saturated carbocycles. The molecule has 0 bridgehead atoms. The van der Waals surface area contributed by atoms with E-state index < -0.39 is 0 Å². The first-order valence-electron chi connectivity index (χ1n) is 6.53. The summed E-state index contributed by atoms with van der Waals surface area (Å²) in [7, 11) is 0. The van der Waals surface area contributed by atoms with Gasteiger partial charge in [-0.25, -0.2) is 0 Å². The molecular weight excluding hydrogens is 330 g/mol. The largest absolute Gasteiger partial charge is 0.339 e. The van der Waals surface area contributed by atoms with Crippen molar-refractivity contribution in [1.29, 1.82) is 0 Å². The normalized spacial score (nSPS) is 10.7. The Morgan fingerprint density at radius 2 is 1.71 bits per heavy atom. The zero-order chi connectivity index (χ0) is 14.8. The van der Waals surface area contributed by atoms with Crippen molar-refractivity contribution in [2.45, 2.75) is 6.54 Å². The Morgan fingerprint density at radius 3 is 2.52 bits per heavy atom. The third kappa shape index (κ3) is 2.67. The van der Waals surface area contributed by atoms with Gasteiger partial charge in [0.1, 0.15) is 0 Å². The van der Waals surface area contributed by atoms with Crippen LogP contribution in [-0.4, -0.2) is 10.4 Å². The molecule has 21 heavy (non-hydrogen) atoms. The molecule has 0 amide bonds. The van der Waals surface area contributed by atoms with E-state index in [1.807, 2.05) is 36.4 Å². The molecule has 1 heterocycles. The van der Waals surface area contributed by atoms with Crippen molar-refractivity contribution >= 4 is 32.6 Å². The van der Waals surface area contributed by atoms with Crippen molar-refractivity contribution in [3.63, 3.8) is 0 Å². The molecule has 3 nitrogen and oxygen atoms in total. The average Bonchev–Trinajstić information content (AvgIpc) is 2.51. The highest BCUT2D eigenvalue weighted by molar-refractivity contribution is 9.10. The van der Waals surface area contributed by atoms with Gasteiger partial charge in [-0.05, 0) is 18.2 Å². The van der Waals surface area contributed by atoms with Crippen LogP contribution in [-0.2, 0) is 6.54 Å². The first kappa shape index (κ1) is 13.8. The lowest BCUT2D eigenvalue weighted by Gasteiger charge is -2.10. The number of benzene rings is 2. The predicted molar refractivity (Wildman–Crippen MR) is 86.7 cm³/mol. The van der Waals surface area contributed by atoms with E-state index in [9.17, 15) is 9.59 Å². The third-order valence-electron chi connectivity index (χ3n) is 3.37. The first-order chi connectivity index (χ1) is 10.2. The molecule has 4 heteroatoms. The number of ketones is 1. The van der Waals surface area contributed by atoms with Gasteiger partial charge in [0.2, 0.25) is 0 Å². The summed E-state index contributed by atoms with van der Waals surface area (Å²) in [6.07, 6.45) is 1.67. The fourth-order valence-electron chi connectivity index (χ4n) is 2.33. The van der Waals surface area contributed by atoms with E-state index in [0.717, 1.165) is 9.99 Å². The summed E-state index contributed by atoms with van der Waals surface area (Å²) in [5.41, 5.74) is 1.38. The topological polar surface area (TPSA) is 39.1 Å². The van der Waals surface area contributed by atoms with E-state index >= 15 is 0 Å². The van der Waals surface area contributed by atoms with Gasteiger partial charge in [0.25, 0.3) is 0 Å². The number of hydrogen-bond donors (Lipinski definition) is 0. The highest BCUT2D eigenvalue weighted by atomic mass is 79.9. The minimum Gasteiger partial charge on any atom is -0.339 e. The molecule has 0 atom stereocenters. The Morgan fingerprint density at radius 1 is 1.00 bits per heavy atom. The maximum atomic E-state index is 12.4. The molecule has 0 aliphatic rings. The van der Waals surface area contributed by atoms with Gasteiger partial charge < -0.3 is 4.57 Å². The summed E-state index contributed by atoms with van der Waals surface area (Å²) in [6, 6.07) is 16.1. The van der Waals surface area contributed by atoms with Crippen LogP contribution in [0.1, 0.15) is 10.4 Å². The summed E-state index contributed by atoms with van der Waals surface area (Å²) < 4.78 is 2.58. The van der Waals surface area contributed by atoms with Crippen LogP contribution < -0.4 is 5.43 Å². The molecule has 0 radical (unpaired) electrons. The van der Waals surface area contributed by atoms with Crippen molar-refractivity contribution in [3.8, 4) is 0 Å². The molecule has 3 rings (SSSR count). The molecule has 1 aromatic heterocycles. The molecule has 104 valence electrons. The highest BCUT2D eigenvalue weighted by Crippen LogP contribution is 2.18. The van der Waals surface area contributed by atoms with Crippen molar-refractivity contribution in [2.24, 2.45) is 0 Å². The van der Waals surface area contributed by atoms with Gasteiger partial charge in [-0.15, -0.1) is 0 Å². The summed E-state index contributed by atoms with van der Waals surface area (Å²) in [6.45, 7) is 0.198. The summed E-state index contributed by atoms with van der Waals surface area (Å²) in [4.78, 5) is 24.3. The molecule has 0 unspecified atom stereocenters. The minimum absolute atomic E-state index is 0.00345. The van der Waals surface area contributed by atoms with E-state index in [1.54, 1.807) is 22.9 Å². The Kier molecular flexibility index (Phi) is 3.71. The van der Waals surface area contributed by atoms with Crippen LogP contribution in [0.4, 0.5) is 0 Å². The lowest BCUT2D eigenvalue weighted by atomic mass is 10.1. The minimum atomic E-state index is -0.0322. The Hall–Kier alpha value is -2.20. The number of hydrogen-bond acceptors (Lipinski definition) is 2. The van der Waals surface area contributed by atoms with Gasteiger partial charge in [-0.2, -0.15) is 0 Å². The number of fused-ring (bicyclic) bond motifs is 1. The maximum absolute atomic E-state index is 12.4. The van der Waals surface area contributed by atoms with E-state index in [1.165, 1.54) is 6.07 Å². The quantitative estimate of drug-likeness (QED) is 0.682. The van der Waals surface area contributed by atoms with E-state index in [0.29, 0.717) is 10.9 Å². The summed E-state index contributed by atoms with van der Waals surface area (Å²) >= 11 is 3.39. The summed E-state index contributed by atoms with van der Waals surface area (Å²) in [5.74, 6) is -0.00345. The van der Waals surface area contributed by atoms with Crippen LogP contribution in [0.25, 0.3) is 10.9 Å². The van der Waals surface area contributed by atoms with Crippen LogP contribution in [0.3, 0.4) is 0 Å². The molecule has 0 saturated heterocycles. The molecule has 2 aromatic carbocycles. The van der Waals surface area contributed by atoms with Crippen LogP contribution in [0.15, 0.2) is 70.1 Å². The Balaban J connectivity index is 2.03. The van der Waals surface area contributed by atoms with Crippen LogP contribution in [0, 0.1) is 0 Å². The Labute approximate surface area is 130 Å². The standard InChI is InChI=1S/C17H12BrNO2/c18-14-7-3-1-5-12(14)17(21)11-19-10-9-16(20)13-6-2-4-8-15(13)19/h1-10H,11H2. The van der Waals surface area contributed by atoms with Gasteiger partial charge in [-0.3, -0.25) is 9.59 Å². The zero-order valence-electron chi connectivity index (χ0n) is 11.1. The smallest absolute Gasteiger partial charge is 0.189 e. The Bertz CT molecular complexity index is 883. The third-order valence-corrected chi connectivity index (χ3v) is 4.06. The van der Waals surface area contributed by atoms with Crippen LogP contribution in [0.5, 0.6) is 0 Å². The predicted octanol–water partition coefficient (Wildman–Crippen LogP) is 3.65. The molecule has 0 spiro atoms. The molecular formula is C17H12BrNO2. The molecule has 0 aliphatic carbocycles. The number of carbonyl (C=O) groups is 1. The van der Waals surface area contributed by atoms with E-state index in [-0.39, 0.29) is 17.8 Å². The average molecular weight is 342 g/mol. The van der Waals surface area contributed by atoms with Crippen LogP contribution >= 0.6 is 15.9 Å². The van der Waals surface area contributed by atoms with Crippen molar-refractivity contribution in [1.82, 2.24) is 4.57 Å². The second kappa shape index (κ2) is 5.66. The molecule has 0 fully saturated rings. The highest BCUT2D eigenvalue weighted by Gasteiger charge is 2.11. The monoisotopic (exact) mass is 341 g/mol. The fraction of sp³-hybridized carbons (Fsp3) is 0.0588. The van der Waals surface area contributed by atoms with Gasteiger partial charge in [0.15, 0.2) is 11.2 Å². The number of pyridine rings is 1. The van der Waals surface area contributed by atoms with Gasteiger partial charge in [0, 0.05) is 27.7 Å². The maximum Gasteiger partial charge on any atom is 0.189 e. The number of aromatic nitrogens is 1. The summed E-state index contributed by atoms with van der Waals surface area (Å²) in [5, 5.41) is 0.625. The lowest BCUT2D eigenvalue weighted by molar-refractivity contribution is 0.0972. The second-order valence-electron chi connectivity index (χ2n) is 4.73. The number of rotatable bonds is 3. The number of nitrogens with zero attached hydrogens (tertiary/aromatic N) is 1. The number of carbonyl (C=O) groups excluding carboxylic acids is 1. The molecule has 0 N–H and O–H groups in total. The van der Waals surface area contributed by atoms with Crippen molar-refractivity contribution < 1.29 is 4.79 Å². The number of halogens is 1. The zero-order valence-corrected chi connectivity index (χ0v) is 12.7. The number of para-hydroxylation sites is 1. The number of Topliss-reactive ketones (excluding diaryl/α,β-unsaturated/α-hetero) is 1. The fourth-order valence-corrected chi connectivity index (χ4v) is 2.83. The van der Waals surface area contributed by atoms with Gasteiger partial charge in [0.05, 0.1) is 12.1 Å². The van der Waals surface area contributed by atoms with E-state index in [4.69, 9.17) is 0 Å². The first-order valence-corrected chi connectivity index (χ1v) is 7.32. The molecule has 0 aliphatic heterocycles. The van der Waals surface area contributed by atoms with Crippen LogP contribution in [0.2, 0.25) is 0 Å². The van der Waals surface area contributed by atoms with Gasteiger partial charge >= 0.3 is 0 Å². The van der Waals surface area contributed by atoms with Crippen molar-refractivity contribution in [2.75, 3.05) is 0 Å². The van der Waals surface area contributed by atoms with E-state index in [2.05, 4.69) is 15.9 Å². The SMILES string of the molecule is O=C(Cn1ccc(=O)c2ccccc21)c1ccccc1Br. The van der Waals surface area contributed by atoms with Gasteiger partial charge in [-0.1, -0.05) is 46.3 Å². The molecule has 3 aromatic rings. The van der Waals surface area contributed by atoms with Crippen molar-refractivity contribution in [3.05, 3.63) is 81.1 Å².